The molecule has 0 unspecified atom stereocenters. The Morgan fingerprint density at radius 1 is 1.50 bits per heavy atom. The molecule has 0 aromatic heterocycles. The highest BCUT2D eigenvalue weighted by molar-refractivity contribution is 5.78. The van der Waals surface area contributed by atoms with E-state index in [1.807, 2.05) is 18.0 Å². The molecule has 1 amide bonds. The fourth-order valence-electron chi connectivity index (χ4n) is 1.83. The molecule has 0 aliphatic carbocycles. The van der Waals surface area contributed by atoms with Crippen LogP contribution in [0.25, 0.3) is 0 Å². The lowest BCUT2D eigenvalue weighted by Gasteiger charge is -2.29. The fraction of sp³-hybridized carbons (Fsp3) is 0.750. The predicted octanol–water partition coefficient (Wildman–Crippen LogP) is 0.316. The second-order valence-electron chi connectivity index (χ2n) is 4.30. The summed E-state index contributed by atoms with van der Waals surface area (Å²) in [6.45, 7) is 8.73. The third kappa shape index (κ3) is 4.77. The second-order valence-corrected chi connectivity index (χ2v) is 4.30. The number of carbonyl (C=O) groups is 1. The molecule has 0 radical (unpaired) electrons. The first-order chi connectivity index (χ1) is 7.74. The first-order valence-electron chi connectivity index (χ1n) is 6.02. The Morgan fingerprint density at radius 3 is 2.81 bits per heavy atom. The predicted molar refractivity (Wildman–Crippen MR) is 66.4 cm³/mol. The van der Waals surface area contributed by atoms with Crippen LogP contribution in [-0.4, -0.2) is 62.0 Å². The van der Waals surface area contributed by atoms with Crippen molar-refractivity contribution < 1.29 is 4.79 Å². The van der Waals surface area contributed by atoms with E-state index >= 15 is 0 Å². The van der Waals surface area contributed by atoms with Gasteiger partial charge in [0.1, 0.15) is 0 Å². The number of carbonyl (C=O) groups excluding carboxylic acids is 1. The lowest BCUT2D eigenvalue weighted by atomic mass is 10.3. The van der Waals surface area contributed by atoms with Gasteiger partial charge in [-0.3, -0.25) is 9.69 Å². The van der Waals surface area contributed by atoms with Crippen LogP contribution in [0, 0.1) is 0 Å². The van der Waals surface area contributed by atoms with Crippen LogP contribution in [0.1, 0.15) is 12.8 Å². The standard InChI is InChI=1S/C12H23N3O/c1-3-4-5-8-14(2)11-12(16)15-9-6-13-7-10-15/h3,13H,1,4-11H2,2H3. The van der Waals surface area contributed by atoms with Crippen molar-refractivity contribution >= 4 is 5.91 Å². The first-order valence-corrected chi connectivity index (χ1v) is 6.02. The summed E-state index contributed by atoms with van der Waals surface area (Å²) in [6.07, 6.45) is 4.02. The normalized spacial score (nSPS) is 16.5. The Balaban J connectivity index is 2.18. The summed E-state index contributed by atoms with van der Waals surface area (Å²) in [7, 11) is 2.00. The fourth-order valence-corrected chi connectivity index (χ4v) is 1.83. The molecule has 4 nitrogen and oxygen atoms in total. The van der Waals surface area contributed by atoms with Crippen molar-refractivity contribution in [2.45, 2.75) is 12.8 Å². The maximum atomic E-state index is 11.9. The van der Waals surface area contributed by atoms with Crippen LogP contribution in [0.15, 0.2) is 12.7 Å². The van der Waals surface area contributed by atoms with Gasteiger partial charge in [-0.2, -0.15) is 0 Å². The average Bonchev–Trinajstić information content (AvgIpc) is 2.30. The largest absolute Gasteiger partial charge is 0.339 e. The molecule has 0 aromatic rings. The van der Waals surface area contributed by atoms with E-state index in [0.717, 1.165) is 45.6 Å². The van der Waals surface area contributed by atoms with Crippen molar-refractivity contribution in [1.29, 1.82) is 0 Å². The van der Waals surface area contributed by atoms with Crippen molar-refractivity contribution in [3.05, 3.63) is 12.7 Å². The Kier molecular flexibility index (Phi) is 6.11. The quantitative estimate of drug-likeness (QED) is 0.522. The van der Waals surface area contributed by atoms with Gasteiger partial charge in [-0.1, -0.05) is 6.08 Å². The maximum absolute atomic E-state index is 11.9. The number of unbranched alkanes of at least 4 members (excludes halogenated alkanes) is 1. The summed E-state index contributed by atoms with van der Waals surface area (Å²) in [4.78, 5) is 15.9. The van der Waals surface area contributed by atoms with Gasteiger partial charge in [-0.05, 0) is 26.4 Å². The molecule has 1 rings (SSSR count). The molecule has 1 N–H and O–H groups in total. The minimum Gasteiger partial charge on any atom is -0.339 e. The van der Waals surface area contributed by atoms with Crippen molar-refractivity contribution in [3.63, 3.8) is 0 Å². The molecule has 0 spiro atoms. The maximum Gasteiger partial charge on any atom is 0.236 e. The molecular weight excluding hydrogens is 202 g/mol. The molecule has 0 bridgehead atoms. The molecule has 1 heterocycles. The van der Waals surface area contributed by atoms with Gasteiger partial charge in [-0.15, -0.1) is 6.58 Å². The molecule has 4 heteroatoms. The van der Waals surface area contributed by atoms with E-state index in [4.69, 9.17) is 0 Å². The second kappa shape index (κ2) is 7.41. The highest BCUT2D eigenvalue weighted by Gasteiger charge is 2.16. The number of hydrogen-bond acceptors (Lipinski definition) is 3. The van der Waals surface area contributed by atoms with Gasteiger partial charge in [0, 0.05) is 26.2 Å². The van der Waals surface area contributed by atoms with Gasteiger partial charge >= 0.3 is 0 Å². The van der Waals surface area contributed by atoms with Crippen LogP contribution in [0.5, 0.6) is 0 Å². The molecule has 0 aromatic carbocycles. The zero-order valence-electron chi connectivity index (χ0n) is 10.2. The number of piperazine rings is 1. The minimum atomic E-state index is 0.252. The Bertz CT molecular complexity index is 224. The van der Waals surface area contributed by atoms with E-state index in [9.17, 15) is 4.79 Å². The summed E-state index contributed by atoms with van der Waals surface area (Å²) in [5, 5.41) is 3.25. The minimum absolute atomic E-state index is 0.252. The van der Waals surface area contributed by atoms with Crippen LogP contribution < -0.4 is 5.32 Å². The third-order valence-corrected chi connectivity index (χ3v) is 2.82. The average molecular weight is 225 g/mol. The Morgan fingerprint density at radius 2 is 2.19 bits per heavy atom. The SMILES string of the molecule is C=CCCCN(C)CC(=O)N1CCNCC1. The molecule has 1 aliphatic rings. The zero-order chi connectivity index (χ0) is 11.8. The molecular formula is C12H23N3O. The number of nitrogens with zero attached hydrogens (tertiary/aromatic N) is 2. The first kappa shape index (κ1) is 13.2. The van der Waals surface area contributed by atoms with Crippen LogP contribution in [-0.2, 0) is 4.79 Å². The van der Waals surface area contributed by atoms with Gasteiger partial charge in [0.05, 0.1) is 6.54 Å². The zero-order valence-corrected chi connectivity index (χ0v) is 10.2. The van der Waals surface area contributed by atoms with E-state index in [1.54, 1.807) is 0 Å². The van der Waals surface area contributed by atoms with E-state index in [0.29, 0.717) is 6.54 Å². The van der Waals surface area contributed by atoms with Crippen LogP contribution >= 0.6 is 0 Å². The summed E-state index contributed by atoms with van der Waals surface area (Å²) >= 11 is 0. The van der Waals surface area contributed by atoms with Crippen LogP contribution in [0.2, 0.25) is 0 Å². The highest BCUT2D eigenvalue weighted by atomic mass is 16.2. The summed E-state index contributed by atoms with van der Waals surface area (Å²) in [5.41, 5.74) is 0. The topological polar surface area (TPSA) is 35.6 Å². The smallest absolute Gasteiger partial charge is 0.236 e. The summed E-state index contributed by atoms with van der Waals surface area (Å²) < 4.78 is 0. The Labute approximate surface area is 98.3 Å². The van der Waals surface area contributed by atoms with Gasteiger partial charge < -0.3 is 10.2 Å². The molecule has 1 saturated heterocycles. The van der Waals surface area contributed by atoms with E-state index in [-0.39, 0.29) is 5.91 Å². The highest BCUT2D eigenvalue weighted by Crippen LogP contribution is 1.97. The lowest BCUT2D eigenvalue weighted by Crippen LogP contribution is -2.49. The van der Waals surface area contributed by atoms with Crippen molar-refractivity contribution in [3.8, 4) is 0 Å². The molecule has 0 atom stereocenters. The van der Waals surface area contributed by atoms with Gasteiger partial charge in [-0.25, -0.2) is 0 Å². The number of amides is 1. The Hall–Kier alpha value is -0.870. The van der Waals surface area contributed by atoms with Crippen LogP contribution in [0.3, 0.4) is 0 Å². The molecule has 1 aliphatic heterocycles. The van der Waals surface area contributed by atoms with Gasteiger partial charge in [0.2, 0.25) is 5.91 Å². The monoisotopic (exact) mass is 225 g/mol. The molecule has 16 heavy (non-hydrogen) atoms. The number of likely N-dealkylation sites (N-methyl/N-ethyl adjacent to an activating group) is 1. The van der Waals surface area contributed by atoms with Crippen molar-refractivity contribution in [1.82, 2.24) is 15.1 Å². The van der Waals surface area contributed by atoms with Gasteiger partial charge in [0.15, 0.2) is 0 Å². The van der Waals surface area contributed by atoms with Crippen molar-refractivity contribution in [2.75, 3.05) is 46.3 Å². The molecule has 1 fully saturated rings. The lowest BCUT2D eigenvalue weighted by molar-refractivity contribution is -0.132. The van der Waals surface area contributed by atoms with E-state index < -0.39 is 0 Å². The third-order valence-electron chi connectivity index (χ3n) is 2.82. The van der Waals surface area contributed by atoms with Crippen molar-refractivity contribution in [2.24, 2.45) is 0 Å². The number of rotatable bonds is 6. The molecule has 92 valence electrons. The molecule has 0 saturated carbocycles. The van der Waals surface area contributed by atoms with E-state index in [1.165, 1.54) is 0 Å². The number of allylic oxidation sites excluding steroid dienone is 1. The van der Waals surface area contributed by atoms with E-state index in [2.05, 4.69) is 16.8 Å². The summed E-state index contributed by atoms with van der Waals surface area (Å²) in [6, 6.07) is 0. The van der Waals surface area contributed by atoms with Crippen LogP contribution in [0.4, 0.5) is 0 Å². The summed E-state index contributed by atoms with van der Waals surface area (Å²) in [5.74, 6) is 0.252. The van der Waals surface area contributed by atoms with Gasteiger partial charge in [0.25, 0.3) is 0 Å². The number of hydrogen-bond donors (Lipinski definition) is 1. The number of nitrogens with one attached hydrogen (secondary N) is 1.